The Balaban J connectivity index is 0.00000182. The second-order valence-electron chi connectivity index (χ2n) is 6.27. The number of likely N-dealkylation sites (N-methyl/N-ethyl adjacent to an activating group) is 1. The summed E-state index contributed by atoms with van der Waals surface area (Å²) in [6.07, 6.45) is 3.68. The monoisotopic (exact) mass is 322 g/mol. The summed E-state index contributed by atoms with van der Waals surface area (Å²) in [5, 5.41) is 1.07. The van der Waals surface area contributed by atoms with Gasteiger partial charge in [-0.1, -0.05) is 12.1 Å². The van der Waals surface area contributed by atoms with Crippen molar-refractivity contribution in [2.75, 3.05) is 33.2 Å². The number of piperazine rings is 1. The van der Waals surface area contributed by atoms with E-state index in [1.165, 1.54) is 0 Å². The molecule has 0 radical (unpaired) electrons. The van der Waals surface area contributed by atoms with Gasteiger partial charge in [0, 0.05) is 50.9 Å². The predicted octanol–water partition coefficient (Wildman–Crippen LogP) is 2.86. The van der Waals surface area contributed by atoms with Gasteiger partial charge in [-0.05, 0) is 42.4 Å². The number of aromatic nitrogens is 2. The number of hydrogen-bond donors (Lipinski definition) is 1. The van der Waals surface area contributed by atoms with Crippen LogP contribution in [0, 0.1) is 0 Å². The summed E-state index contributed by atoms with van der Waals surface area (Å²) < 4.78 is 0. The summed E-state index contributed by atoms with van der Waals surface area (Å²) in [6.45, 7) is 3.44. The molecule has 3 aromatic rings. The highest BCUT2D eigenvalue weighted by molar-refractivity contribution is 5.98. The van der Waals surface area contributed by atoms with Crippen LogP contribution in [0.4, 0.5) is 0 Å². The third-order valence-corrected chi connectivity index (χ3v) is 4.67. The topological polar surface area (TPSA) is 52.2 Å². The van der Waals surface area contributed by atoms with Gasteiger partial charge >= 0.3 is 0 Å². The van der Waals surface area contributed by atoms with Gasteiger partial charge in [0.2, 0.25) is 0 Å². The van der Waals surface area contributed by atoms with E-state index >= 15 is 0 Å². The number of hydrogen-bond acceptors (Lipinski definition) is 3. The van der Waals surface area contributed by atoms with E-state index in [2.05, 4.69) is 21.9 Å². The number of aromatic amines is 1. The molecule has 1 fully saturated rings. The number of rotatable bonds is 2. The number of nitrogens with zero attached hydrogens (tertiary/aromatic N) is 3. The lowest BCUT2D eigenvalue weighted by Crippen LogP contribution is -2.47. The third kappa shape index (κ3) is 2.67. The molecule has 0 unspecified atom stereocenters. The number of pyridine rings is 1. The number of fused-ring (bicyclic) bond motifs is 1. The van der Waals surface area contributed by atoms with Gasteiger partial charge in [0.25, 0.3) is 5.91 Å². The van der Waals surface area contributed by atoms with E-state index in [4.69, 9.17) is 0 Å². The van der Waals surface area contributed by atoms with Crippen molar-refractivity contribution in [2.24, 2.45) is 0 Å². The van der Waals surface area contributed by atoms with Gasteiger partial charge in [0.1, 0.15) is 5.65 Å². The van der Waals surface area contributed by atoms with Crippen LogP contribution in [-0.2, 0) is 0 Å². The number of carbonyl (C=O) groups excluding carboxylic acids is 1. The lowest BCUT2D eigenvalue weighted by atomic mass is 10.0. The Morgan fingerprint density at radius 2 is 2.00 bits per heavy atom. The Morgan fingerprint density at radius 3 is 2.83 bits per heavy atom. The fourth-order valence-corrected chi connectivity index (χ4v) is 3.22. The minimum absolute atomic E-state index is 0. The molecule has 0 bridgehead atoms. The van der Waals surface area contributed by atoms with Crippen molar-refractivity contribution in [1.82, 2.24) is 19.8 Å². The maximum absolute atomic E-state index is 12.8. The molecule has 0 saturated carbocycles. The van der Waals surface area contributed by atoms with Gasteiger partial charge in [0.15, 0.2) is 0 Å². The molecule has 4 rings (SSSR count). The first-order valence-corrected chi connectivity index (χ1v) is 8.23. The molecule has 5 nitrogen and oxygen atoms in total. The van der Waals surface area contributed by atoms with Crippen molar-refractivity contribution < 1.29 is 6.22 Å². The van der Waals surface area contributed by atoms with E-state index in [1.807, 2.05) is 47.5 Å². The standard InChI is InChI=1S/C19H20N4O.H2/c1-22-9-11-23(12-10-22)19(24)15-4-2-3-14(13-15)16-5-7-20-18-17(16)6-8-21-18;/h2-8,13H,9-12H2,1H3,(H,20,21);1H. The SMILES string of the molecule is CN1CCN(C(=O)c2cccc(-c3ccnc4[nH]ccc34)c2)CC1.[HH]. The maximum Gasteiger partial charge on any atom is 0.253 e. The molecule has 0 atom stereocenters. The summed E-state index contributed by atoms with van der Waals surface area (Å²) in [4.78, 5) is 24.4. The van der Waals surface area contributed by atoms with E-state index in [1.54, 1.807) is 6.20 Å². The molecule has 0 spiro atoms. The van der Waals surface area contributed by atoms with Crippen LogP contribution in [0.3, 0.4) is 0 Å². The van der Waals surface area contributed by atoms with Crippen molar-refractivity contribution in [3.63, 3.8) is 0 Å². The number of nitrogens with one attached hydrogen (secondary N) is 1. The van der Waals surface area contributed by atoms with Gasteiger partial charge < -0.3 is 14.8 Å². The zero-order valence-corrected chi connectivity index (χ0v) is 13.7. The smallest absolute Gasteiger partial charge is 0.253 e. The largest absolute Gasteiger partial charge is 0.346 e. The van der Waals surface area contributed by atoms with Crippen LogP contribution < -0.4 is 0 Å². The Morgan fingerprint density at radius 1 is 1.17 bits per heavy atom. The fraction of sp³-hybridized carbons (Fsp3) is 0.263. The van der Waals surface area contributed by atoms with Crippen molar-refractivity contribution in [1.29, 1.82) is 0 Å². The quantitative estimate of drug-likeness (QED) is 0.789. The van der Waals surface area contributed by atoms with E-state index in [-0.39, 0.29) is 7.33 Å². The van der Waals surface area contributed by atoms with Crippen LogP contribution in [0.2, 0.25) is 0 Å². The zero-order valence-electron chi connectivity index (χ0n) is 13.7. The molecule has 5 heteroatoms. The molecule has 0 aliphatic carbocycles. The third-order valence-electron chi connectivity index (χ3n) is 4.67. The van der Waals surface area contributed by atoms with Gasteiger partial charge in [-0.15, -0.1) is 0 Å². The second-order valence-corrected chi connectivity index (χ2v) is 6.27. The molecule has 1 amide bonds. The molecule has 1 aliphatic rings. The Bertz CT molecular complexity index is 884. The molecule has 1 N–H and O–H groups in total. The molecule has 1 aliphatic heterocycles. The Kier molecular flexibility index (Phi) is 3.78. The van der Waals surface area contributed by atoms with Crippen LogP contribution in [0.25, 0.3) is 22.2 Å². The molecule has 24 heavy (non-hydrogen) atoms. The number of amides is 1. The number of H-pyrrole nitrogens is 1. The second kappa shape index (κ2) is 6.09. The van der Waals surface area contributed by atoms with Crippen molar-refractivity contribution >= 4 is 16.9 Å². The van der Waals surface area contributed by atoms with E-state index < -0.39 is 0 Å². The molecule has 1 saturated heterocycles. The fourth-order valence-electron chi connectivity index (χ4n) is 3.22. The number of benzene rings is 1. The van der Waals surface area contributed by atoms with Gasteiger partial charge in [-0.25, -0.2) is 4.98 Å². The molecule has 2 aromatic heterocycles. The molecular weight excluding hydrogens is 300 g/mol. The van der Waals surface area contributed by atoms with Crippen molar-refractivity contribution in [2.45, 2.75) is 0 Å². The number of carbonyl (C=O) groups is 1. The summed E-state index contributed by atoms with van der Waals surface area (Å²) in [5.41, 5.74) is 3.75. The van der Waals surface area contributed by atoms with E-state index in [0.717, 1.165) is 53.9 Å². The average Bonchev–Trinajstić information content (AvgIpc) is 3.10. The predicted molar refractivity (Wildman–Crippen MR) is 97.0 cm³/mol. The highest BCUT2D eigenvalue weighted by Crippen LogP contribution is 2.27. The normalized spacial score (nSPS) is 15.8. The lowest BCUT2D eigenvalue weighted by Gasteiger charge is -2.32. The molecular formula is C19H22N4O. The summed E-state index contributed by atoms with van der Waals surface area (Å²) in [7, 11) is 2.09. The highest BCUT2D eigenvalue weighted by atomic mass is 16.2. The van der Waals surface area contributed by atoms with Crippen molar-refractivity contribution in [3.05, 3.63) is 54.4 Å². The zero-order chi connectivity index (χ0) is 16.5. The lowest BCUT2D eigenvalue weighted by molar-refractivity contribution is 0.0664. The van der Waals surface area contributed by atoms with Crippen LogP contribution in [-0.4, -0.2) is 58.9 Å². The Labute approximate surface area is 142 Å². The summed E-state index contributed by atoms with van der Waals surface area (Å²) in [6, 6.07) is 11.9. The van der Waals surface area contributed by atoms with Crippen molar-refractivity contribution in [3.8, 4) is 11.1 Å². The average molecular weight is 322 g/mol. The van der Waals surface area contributed by atoms with E-state index in [9.17, 15) is 4.79 Å². The summed E-state index contributed by atoms with van der Waals surface area (Å²) in [5.74, 6) is 0.115. The molecule has 3 heterocycles. The minimum atomic E-state index is 0. The Hall–Kier alpha value is -2.66. The van der Waals surface area contributed by atoms with Gasteiger partial charge in [-0.3, -0.25) is 4.79 Å². The molecule has 1 aromatic carbocycles. The van der Waals surface area contributed by atoms with E-state index in [0.29, 0.717) is 0 Å². The van der Waals surface area contributed by atoms with Crippen LogP contribution in [0.5, 0.6) is 0 Å². The molecule has 124 valence electrons. The van der Waals surface area contributed by atoms with Gasteiger partial charge in [-0.2, -0.15) is 0 Å². The minimum Gasteiger partial charge on any atom is -0.346 e. The van der Waals surface area contributed by atoms with Crippen LogP contribution in [0.1, 0.15) is 11.8 Å². The van der Waals surface area contributed by atoms with Crippen LogP contribution in [0.15, 0.2) is 48.8 Å². The first kappa shape index (κ1) is 14.9. The maximum atomic E-state index is 12.8. The van der Waals surface area contributed by atoms with Gasteiger partial charge in [0.05, 0.1) is 0 Å². The highest BCUT2D eigenvalue weighted by Gasteiger charge is 2.20. The summed E-state index contributed by atoms with van der Waals surface area (Å²) >= 11 is 0. The first-order chi connectivity index (χ1) is 11.7. The van der Waals surface area contributed by atoms with Crippen LogP contribution >= 0.6 is 0 Å². The first-order valence-electron chi connectivity index (χ1n) is 8.23.